The van der Waals surface area contributed by atoms with Gasteiger partial charge in [-0.1, -0.05) is 6.07 Å². The molecule has 4 aromatic rings. The molecule has 3 N–H and O–H groups in total. The zero-order valence-electron chi connectivity index (χ0n) is 15.9. The van der Waals surface area contributed by atoms with E-state index in [0.29, 0.717) is 17.1 Å². The second kappa shape index (κ2) is 6.94. The van der Waals surface area contributed by atoms with E-state index in [0.717, 1.165) is 28.1 Å². The van der Waals surface area contributed by atoms with Crippen LogP contribution in [0.1, 0.15) is 40.6 Å². The maximum atomic E-state index is 12.7. The summed E-state index contributed by atoms with van der Waals surface area (Å²) in [7, 11) is 0. The fourth-order valence-corrected chi connectivity index (χ4v) is 3.18. The molecule has 0 bridgehead atoms. The van der Waals surface area contributed by atoms with Crippen LogP contribution in [0.15, 0.2) is 48.5 Å². The number of carbonyl (C=O) groups is 1. The lowest BCUT2D eigenvalue weighted by atomic mass is 10.1. The van der Waals surface area contributed by atoms with Crippen LogP contribution in [-0.4, -0.2) is 30.8 Å². The monoisotopic (exact) mass is 375 g/mol. The Morgan fingerprint density at radius 2 is 2.00 bits per heavy atom. The fourth-order valence-electron chi connectivity index (χ4n) is 3.18. The average Bonchev–Trinajstić information content (AvgIpc) is 3.24. The van der Waals surface area contributed by atoms with Gasteiger partial charge < -0.3 is 15.4 Å². The molecule has 7 heteroatoms. The normalized spacial score (nSPS) is 12.3. The molecule has 1 unspecified atom stereocenters. The molecule has 4 rings (SSSR count). The van der Waals surface area contributed by atoms with E-state index in [4.69, 9.17) is 0 Å². The van der Waals surface area contributed by atoms with Crippen LogP contribution in [0.2, 0.25) is 0 Å². The Hall–Kier alpha value is -3.45. The van der Waals surface area contributed by atoms with Crippen molar-refractivity contribution in [2.45, 2.75) is 26.9 Å². The number of carbonyl (C=O) groups excluding carboxylic acids is 1. The predicted molar refractivity (Wildman–Crippen MR) is 108 cm³/mol. The highest BCUT2D eigenvalue weighted by atomic mass is 16.3. The molecule has 142 valence electrons. The molecule has 1 atom stereocenters. The highest BCUT2D eigenvalue weighted by Gasteiger charge is 2.12. The third-order valence-electron chi connectivity index (χ3n) is 4.52. The third kappa shape index (κ3) is 3.39. The Balaban J connectivity index is 1.59. The van der Waals surface area contributed by atoms with Gasteiger partial charge in [-0.3, -0.25) is 4.79 Å². The summed E-state index contributed by atoms with van der Waals surface area (Å²) in [5, 5.41) is 17.0. The van der Waals surface area contributed by atoms with E-state index in [1.54, 1.807) is 31.2 Å². The van der Waals surface area contributed by atoms with Crippen molar-refractivity contribution in [3.63, 3.8) is 0 Å². The largest absolute Gasteiger partial charge is 0.385 e. The van der Waals surface area contributed by atoms with Gasteiger partial charge in [0, 0.05) is 16.9 Å². The topological polar surface area (TPSA) is 95.8 Å². The molecule has 0 spiro atoms. The van der Waals surface area contributed by atoms with Gasteiger partial charge in [0.15, 0.2) is 0 Å². The maximum absolute atomic E-state index is 12.7. The van der Waals surface area contributed by atoms with E-state index in [2.05, 4.69) is 20.4 Å². The number of hydrogen-bond acceptors (Lipinski definition) is 4. The van der Waals surface area contributed by atoms with Crippen molar-refractivity contribution in [2.24, 2.45) is 0 Å². The van der Waals surface area contributed by atoms with Gasteiger partial charge in [-0.15, -0.1) is 0 Å². The van der Waals surface area contributed by atoms with Crippen molar-refractivity contribution in [1.29, 1.82) is 0 Å². The van der Waals surface area contributed by atoms with Gasteiger partial charge in [-0.2, -0.15) is 5.10 Å². The highest BCUT2D eigenvalue weighted by molar-refractivity contribution is 6.05. The average molecular weight is 375 g/mol. The summed E-state index contributed by atoms with van der Waals surface area (Å²) in [6, 6.07) is 14.7. The summed E-state index contributed by atoms with van der Waals surface area (Å²) >= 11 is 0. The highest BCUT2D eigenvalue weighted by Crippen LogP contribution is 2.21. The minimum Gasteiger partial charge on any atom is -0.385 e. The summed E-state index contributed by atoms with van der Waals surface area (Å²) in [5.74, 6) is 0.286. The van der Waals surface area contributed by atoms with Gasteiger partial charge in [-0.25, -0.2) is 9.67 Å². The summed E-state index contributed by atoms with van der Waals surface area (Å²) in [4.78, 5) is 20.1. The molecule has 0 saturated heterocycles. The minimum absolute atomic E-state index is 0.210. The van der Waals surface area contributed by atoms with E-state index in [-0.39, 0.29) is 5.91 Å². The number of anilines is 1. The molecule has 0 radical (unpaired) electrons. The number of rotatable bonds is 4. The number of amides is 1. The van der Waals surface area contributed by atoms with Gasteiger partial charge in [-0.05, 0) is 63.2 Å². The molecule has 0 aliphatic rings. The number of fused-ring (bicyclic) bond motifs is 1. The molecule has 2 heterocycles. The SMILES string of the molecule is Cc1cc(C)n(-c2cccc(C(=O)Nc3ccc4nc(C(C)O)[nH]c4c3)c2)n1. The van der Waals surface area contributed by atoms with Gasteiger partial charge in [0.05, 0.1) is 22.4 Å². The van der Waals surface area contributed by atoms with Crippen LogP contribution >= 0.6 is 0 Å². The van der Waals surface area contributed by atoms with Crippen LogP contribution in [0.3, 0.4) is 0 Å². The molecule has 2 aromatic heterocycles. The molecular weight excluding hydrogens is 354 g/mol. The van der Waals surface area contributed by atoms with Crippen molar-refractivity contribution in [3.8, 4) is 5.69 Å². The summed E-state index contributed by atoms with van der Waals surface area (Å²) in [6.07, 6.45) is -0.678. The second-order valence-corrected chi connectivity index (χ2v) is 6.87. The number of imidazole rings is 1. The Morgan fingerprint density at radius 1 is 1.18 bits per heavy atom. The first-order chi connectivity index (χ1) is 13.4. The lowest BCUT2D eigenvalue weighted by molar-refractivity contribution is 0.102. The first kappa shape index (κ1) is 17.9. The standard InChI is InChI=1S/C21H21N5O2/c1-12-9-13(2)26(25-12)17-6-4-5-15(10-17)21(28)22-16-7-8-18-19(11-16)24-20(23-18)14(3)27/h4-11,14,27H,1-3H3,(H,22,28)(H,23,24). The molecule has 0 aliphatic heterocycles. The molecule has 28 heavy (non-hydrogen) atoms. The Bertz CT molecular complexity index is 1170. The predicted octanol–water partition coefficient (Wildman–Crippen LogP) is 3.67. The molecule has 0 aliphatic carbocycles. The third-order valence-corrected chi connectivity index (χ3v) is 4.52. The zero-order valence-corrected chi connectivity index (χ0v) is 15.9. The Morgan fingerprint density at radius 3 is 2.71 bits per heavy atom. The van der Waals surface area contributed by atoms with Crippen molar-refractivity contribution >= 4 is 22.6 Å². The summed E-state index contributed by atoms with van der Waals surface area (Å²) < 4.78 is 1.82. The van der Waals surface area contributed by atoms with Crippen molar-refractivity contribution < 1.29 is 9.90 Å². The lowest BCUT2D eigenvalue weighted by Gasteiger charge is -2.08. The molecule has 0 saturated carbocycles. The number of nitrogens with zero attached hydrogens (tertiary/aromatic N) is 3. The number of benzene rings is 2. The Labute approximate surface area is 162 Å². The number of aliphatic hydroxyl groups excluding tert-OH is 1. The van der Waals surface area contributed by atoms with Crippen LogP contribution in [0, 0.1) is 13.8 Å². The van der Waals surface area contributed by atoms with Crippen molar-refractivity contribution in [1.82, 2.24) is 19.7 Å². The maximum Gasteiger partial charge on any atom is 0.255 e. The van der Waals surface area contributed by atoms with Crippen LogP contribution in [-0.2, 0) is 0 Å². The molecule has 7 nitrogen and oxygen atoms in total. The van der Waals surface area contributed by atoms with Gasteiger partial charge in [0.2, 0.25) is 0 Å². The zero-order chi connectivity index (χ0) is 19.8. The first-order valence-electron chi connectivity index (χ1n) is 9.03. The number of nitrogens with one attached hydrogen (secondary N) is 2. The summed E-state index contributed by atoms with van der Waals surface area (Å²) in [5.41, 5.74) is 5.45. The van der Waals surface area contributed by atoms with Crippen LogP contribution in [0.5, 0.6) is 0 Å². The fraction of sp³-hybridized carbons (Fsp3) is 0.190. The van der Waals surface area contributed by atoms with Crippen LogP contribution in [0.4, 0.5) is 5.69 Å². The molecule has 0 fully saturated rings. The van der Waals surface area contributed by atoms with Crippen molar-refractivity contribution in [2.75, 3.05) is 5.32 Å². The van der Waals surface area contributed by atoms with E-state index in [1.165, 1.54) is 0 Å². The van der Waals surface area contributed by atoms with Gasteiger partial charge in [0.1, 0.15) is 11.9 Å². The van der Waals surface area contributed by atoms with Crippen molar-refractivity contribution in [3.05, 3.63) is 71.3 Å². The minimum atomic E-state index is -0.678. The lowest BCUT2D eigenvalue weighted by Crippen LogP contribution is -2.12. The number of hydrogen-bond donors (Lipinski definition) is 3. The number of H-pyrrole nitrogens is 1. The van der Waals surface area contributed by atoms with Crippen LogP contribution < -0.4 is 5.32 Å². The molecule has 2 aromatic carbocycles. The quantitative estimate of drug-likeness (QED) is 0.507. The van der Waals surface area contributed by atoms with E-state index < -0.39 is 6.10 Å². The number of aromatic amines is 1. The second-order valence-electron chi connectivity index (χ2n) is 6.87. The smallest absolute Gasteiger partial charge is 0.255 e. The van der Waals surface area contributed by atoms with Gasteiger partial charge >= 0.3 is 0 Å². The number of aromatic nitrogens is 4. The van der Waals surface area contributed by atoms with Crippen LogP contribution in [0.25, 0.3) is 16.7 Å². The molecular formula is C21H21N5O2. The summed E-state index contributed by atoms with van der Waals surface area (Å²) in [6.45, 7) is 5.57. The first-order valence-corrected chi connectivity index (χ1v) is 9.03. The molecule has 1 amide bonds. The van der Waals surface area contributed by atoms with E-state index in [9.17, 15) is 9.90 Å². The van der Waals surface area contributed by atoms with E-state index >= 15 is 0 Å². The van der Waals surface area contributed by atoms with E-state index in [1.807, 2.05) is 42.8 Å². The Kier molecular flexibility index (Phi) is 4.44. The number of aliphatic hydroxyl groups is 1. The van der Waals surface area contributed by atoms with Gasteiger partial charge in [0.25, 0.3) is 5.91 Å². The number of aryl methyl sites for hydroxylation is 2.